The van der Waals surface area contributed by atoms with Crippen molar-refractivity contribution in [2.75, 3.05) is 26.2 Å². The molecule has 1 saturated heterocycles. The predicted molar refractivity (Wildman–Crippen MR) is 84.6 cm³/mol. The number of benzene rings is 1. The molecule has 2 rings (SSSR count). The molecule has 6 nitrogen and oxygen atoms in total. The van der Waals surface area contributed by atoms with E-state index >= 15 is 0 Å². The van der Waals surface area contributed by atoms with Crippen LogP contribution in [-0.2, 0) is 14.8 Å². The number of hydrogen-bond acceptors (Lipinski definition) is 4. The number of nitrogens with two attached hydrogens (primary N) is 1. The Kier molecular flexibility index (Phi) is 5.93. The molecule has 0 radical (unpaired) electrons. The summed E-state index contributed by atoms with van der Waals surface area (Å²) < 4.78 is 26.6. The summed E-state index contributed by atoms with van der Waals surface area (Å²) in [5.74, 6) is -0.369. The van der Waals surface area contributed by atoms with Gasteiger partial charge in [-0.05, 0) is 37.9 Å². The van der Waals surface area contributed by atoms with Gasteiger partial charge in [0.25, 0.3) is 0 Å². The van der Waals surface area contributed by atoms with Crippen LogP contribution in [0.1, 0.15) is 19.3 Å². The molecule has 1 amide bonds. The van der Waals surface area contributed by atoms with Crippen molar-refractivity contribution < 1.29 is 13.2 Å². The van der Waals surface area contributed by atoms with E-state index < -0.39 is 10.0 Å². The summed E-state index contributed by atoms with van der Waals surface area (Å²) in [5, 5.41) is 2.82. The Labute approximate surface area is 131 Å². The number of nitrogens with zero attached hydrogens (tertiary/aromatic N) is 1. The molecule has 1 aliphatic rings. The van der Waals surface area contributed by atoms with Gasteiger partial charge in [0.1, 0.15) is 0 Å². The number of rotatable bonds is 6. The first kappa shape index (κ1) is 16.9. The van der Waals surface area contributed by atoms with Crippen LogP contribution >= 0.6 is 0 Å². The van der Waals surface area contributed by atoms with Crippen LogP contribution in [0.15, 0.2) is 35.2 Å². The van der Waals surface area contributed by atoms with Crippen molar-refractivity contribution in [2.45, 2.75) is 24.2 Å². The van der Waals surface area contributed by atoms with E-state index in [0.29, 0.717) is 26.1 Å². The molecule has 0 spiro atoms. The highest BCUT2D eigenvalue weighted by atomic mass is 32.2. The van der Waals surface area contributed by atoms with Crippen molar-refractivity contribution in [1.29, 1.82) is 0 Å². The summed E-state index contributed by atoms with van der Waals surface area (Å²) in [6.45, 7) is 1.77. The van der Waals surface area contributed by atoms with Gasteiger partial charge in [0.15, 0.2) is 0 Å². The highest BCUT2D eigenvalue weighted by Gasteiger charge is 2.32. The van der Waals surface area contributed by atoms with Gasteiger partial charge in [0.2, 0.25) is 15.9 Å². The van der Waals surface area contributed by atoms with E-state index in [2.05, 4.69) is 5.32 Å². The van der Waals surface area contributed by atoms with Crippen LogP contribution in [0.25, 0.3) is 0 Å². The third-order valence-electron chi connectivity index (χ3n) is 3.82. The van der Waals surface area contributed by atoms with Gasteiger partial charge in [-0.25, -0.2) is 8.42 Å². The Hall–Kier alpha value is -1.44. The van der Waals surface area contributed by atoms with E-state index in [0.717, 1.165) is 12.8 Å². The Balaban J connectivity index is 2.03. The molecule has 0 aliphatic carbocycles. The van der Waals surface area contributed by atoms with Crippen molar-refractivity contribution >= 4 is 15.9 Å². The summed E-state index contributed by atoms with van der Waals surface area (Å²) in [6.07, 6.45) is 2.14. The summed E-state index contributed by atoms with van der Waals surface area (Å²) in [4.78, 5) is 12.4. The SMILES string of the molecule is NCCCNC(=O)C1CCCN(S(=O)(=O)c2ccccc2)C1. The topological polar surface area (TPSA) is 92.5 Å². The van der Waals surface area contributed by atoms with Gasteiger partial charge in [-0.2, -0.15) is 4.31 Å². The maximum Gasteiger partial charge on any atom is 0.243 e. The summed E-state index contributed by atoms with van der Waals surface area (Å²) >= 11 is 0. The minimum atomic E-state index is -3.52. The van der Waals surface area contributed by atoms with Crippen LogP contribution in [0.4, 0.5) is 0 Å². The Morgan fingerprint density at radius 3 is 2.73 bits per heavy atom. The molecular formula is C15H23N3O3S. The van der Waals surface area contributed by atoms with Gasteiger partial charge >= 0.3 is 0 Å². The molecule has 1 aromatic carbocycles. The molecule has 0 bridgehead atoms. The quantitative estimate of drug-likeness (QED) is 0.747. The molecule has 0 aromatic heterocycles. The van der Waals surface area contributed by atoms with E-state index in [-0.39, 0.29) is 23.3 Å². The van der Waals surface area contributed by atoms with Crippen LogP contribution in [-0.4, -0.2) is 44.8 Å². The van der Waals surface area contributed by atoms with Crippen LogP contribution in [0, 0.1) is 5.92 Å². The van der Waals surface area contributed by atoms with Gasteiger partial charge in [0, 0.05) is 19.6 Å². The average molecular weight is 325 g/mol. The molecule has 3 N–H and O–H groups in total. The third-order valence-corrected chi connectivity index (χ3v) is 5.70. The molecule has 7 heteroatoms. The van der Waals surface area contributed by atoms with Gasteiger partial charge in [-0.15, -0.1) is 0 Å². The van der Waals surface area contributed by atoms with E-state index in [4.69, 9.17) is 5.73 Å². The fourth-order valence-corrected chi connectivity index (χ4v) is 4.12. The number of piperidine rings is 1. The maximum atomic E-state index is 12.6. The van der Waals surface area contributed by atoms with Crippen LogP contribution in [0.2, 0.25) is 0 Å². The summed E-state index contributed by atoms with van der Waals surface area (Å²) in [7, 11) is -3.52. The average Bonchev–Trinajstić information content (AvgIpc) is 2.56. The second-order valence-corrected chi connectivity index (χ2v) is 7.39. The smallest absolute Gasteiger partial charge is 0.243 e. The molecule has 0 saturated carbocycles. The fraction of sp³-hybridized carbons (Fsp3) is 0.533. The second kappa shape index (κ2) is 7.71. The number of carbonyl (C=O) groups excluding carboxylic acids is 1. The molecule has 1 aromatic rings. The first-order valence-corrected chi connectivity index (χ1v) is 9.02. The van der Waals surface area contributed by atoms with E-state index in [9.17, 15) is 13.2 Å². The van der Waals surface area contributed by atoms with Crippen molar-refractivity contribution in [3.05, 3.63) is 30.3 Å². The van der Waals surface area contributed by atoms with Crippen molar-refractivity contribution in [3.8, 4) is 0 Å². The molecule has 22 heavy (non-hydrogen) atoms. The van der Waals surface area contributed by atoms with E-state index in [1.54, 1.807) is 30.3 Å². The normalized spacial score (nSPS) is 19.8. The molecule has 1 heterocycles. The molecule has 1 unspecified atom stereocenters. The lowest BCUT2D eigenvalue weighted by Crippen LogP contribution is -2.45. The number of amides is 1. The molecule has 1 aliphatic heterocycles. The molecular weight excluding hydrogens is 302 g/mol. The number of carbonyl (C=O) groups is 1. The largest absolute Gasteiger partial charge is 0.356 e. The highest BCUT2D eigenvalue weighted by Crippen LogP contribution is 2.23. The lowest BCUT2D eigenvalue weighted by atomic mass is 9.99. The van der Waals surface area contributed by atoms with Gasteiger partial charge in [-0.3, -0.25) is 4.79 Å². The molecule has 122 valence electrons. The summed E-state index contributed by atoms with van der Waals surface area (Å²) in [6, 6.07) is 8.35. The fourth-order valence-electron chi connectivity index (χ4n) is 2.57. The minimum absolute atomic E-state index is 0.0820. The van der Waals surface area contributed by atoms with E-state index in [1.807, 2.05) is 0 Å². The van der Waals surface area contributed by atoms with E-state index in [1.165, 1.54) is 4.31 Å². The zero-order valence-electron chi connectivity index (χ0n) is 12.6. The van der Waals surface area contributed by atoms with Gasteiger partial charge in [-0.1, -0.05) is 18.2 Å². The van der Waals surface area contributed by atoms with Crippen LogP contribution in [0.3, 0.4) is 0 Å². The number of sulfonamides is 1. The Morgan fingerprint density at radius 1 is 1.32 bits per heavy atom. The van der Waals surface area contributed by atoms with Crippen molar-refractivity contribution in [1.82, 2.24) is 9.62 Å². The number of hydrogen-bond donors (Lipinski definition) is 2. The predicted octanol–water partition coefficient (Wildman–Crippen LogP) is 0.552. The first-order chi connectivity index (χ1) is 10.6. The van der Waals surface area contributed by atoms with Gasteiger partial charge in [0.05, 0.1) is 10.8 Å². The minimum Gasteiger partial charge on any atom is -0.356 e. The van der Waals surface area contributed by atoms with Gasteiger partial charge < -0.3 is 11.1 Å². The standard InChI is InChI=1S/C15H23N3O3S/c16-9-5-10-17-15(19)13-6-4-11-18(12-13)22(20,21)14-7-2-1-3-8-14/h1-3,7-8,13H,4-6,9-12,16H2,(H,17,19). The summed E-state index contributed by atoms with van der Waals surface area (Å²) in [5.41, 5.74) is 5.40. The lowest BCUT2D eigenvalue weighted by molar-refractivity contribution is -0.126. The lowest BCUT2D eigenvalue weighted by Gasteiger charge is -2.31. The highest BCUT2D eigenvalue weighted by molar-refractivity contribution is 7.89. The monoisotopic (exact) mass is 325 g/mol. The Morgan fingerprint density at radius 2 is 2.05 bits per heavy atom. The second-order valence-electron chi connectivity index (χ2n) is 5.45. The van der Waals surface area contributed by atoms with Crippen LogP contribution < -0.4 is 11.1 Å². The van der Waals surface area contributed by atoms with Crippen molar-refractivity contribution in [2.24, 2.45) is 11.7 Å². The maximum absolute atomic E-state index is 12.6. The zero-order chi connectivity index (χ0) is 16.0. The molecule has 1 atom stereocenters. The van der Waals surface area contributed by atoms with Crippen molar-refractivity contribution in [3.63, 3.8) is 0 Å². The number of nitrogens with one attached hydrogen (secondary N) is 1. The molecule has 1 fully saturated rings. The third kappa shape index (κ3) is 4.06. The first-order valence-electron chi connectivity index (χ1n) is 7.58. The van der Waals surface area contributed by atoms with Crippen LogP contribution in [0.5, 0.6) is 0 Å². The Bertz CT molecular complexity index is 589. The zero-order valence-corrected chi connectivity index (χ0v) is 13.4.